The lowest BCUT2D eigenvalue weighted by molar-refractivity contribution is -0.161. The summed E-state index contributed by atoms with van der Waals surface area (Å²) < 4.78 is 0. The molecule has 0 aromatic heterocycles. The third-order valence-electron chi connectivity index (χ3n) is 3.35. The summed E-state index contributed by atoms with van der Waals surface area (Å²) in [5, 5.41) is 12.3. The third-order valence-corrected chi connectivity index (χ3v) is 3.35. The molecule has 0 aromatic carbocycles. The Bertz CT molecular complexity index is 305. The molecule has 2 N–H and O–H groups in total. The number of amides is 1. The Morgan fingerprint density at radius 3 is 2.61 bits per heavy atom. The van der Waals surface area contributed by atoms with Crippen LogP contribution in [0.5, 0.6) is 0 Å². The topological polar surface area (TPSA) is 69.6 Å². The molecule has 1 rings (SSSR count). The number of carboxylic acids is 1. The fourth-order valence-electron chi connectivity index (χ4n) is 2.28. The van der Waals surface area contributed by atoms with Gasteiger partial charge in [0.1, 0.15) is 12.1 Å². The molecular weight excluding hydrogens is 232 g/mol. The van der Waals surface area contributed by atoms with Gasteiger partial charge in [-0.05, 0) is 18.9 Å². The van der Waals surface area contributed by atoms with Crippen LogP contribution in [0.4, 0.5) is 0 Å². The highest BCUT2D eigenvalue weighted by Gasteiger charge is 2.44. The minimum absolute atomic E-state index is 0.0625. The number of hydrogen-bond acceptors (Lipinski definition) is 3. The second-order valence-electron chi connectivity index (χ2n) is 5.23. The molecule has 0 aliphatic carbocycles. The van der Waals surface area contributed by atoms with Crippen molar-refractivity contribution in [2.45, 2.75) is 52.1 Å². The van der Waals surface area contributed by atoms with Gasteiger partial charge in [-0.25, -0.2) is 4.79 Å². The number of nitrogens with zero attached hydrogens (tertiary/aromatic N) is 1. The van der Waals surface area contributed by atoms with Gasteiger partial charge in [-0.1, -0.05) is 33.6 Å². The van der Waals surface area contributed by atoms with E-state index in [1.165, 1.54) is 4.90 Å². The first kappa shape index (κ1) is 15.0. The van der Waals surface area contributed by atoms with Crippen molar-refractivity contribution in [1.82, 2.24) is 10.2 Å². The molecule has 0 aromatic rings. The standard InChI is InChI=1S/C13H24N2O3/c1-4-5-6-7-14-10-8-15(12(10)16)11(9(2)3)13(17)18/h9-11,14H,4-8H2,1-3H3,(H,17,18). The van der Waals surface area contributed by atoms with Crippen LogP contribution in [-0.2, 0) is 9.59 Å². The van der Waals surface area contributed by atoms with Crippen LogP contribution in [0.2, 0.25) is 0 Å². The van der Waals surface area contributed by atoms with Crippen LogP contribution in [0.25, 0.3) is 0 Å². The molecule has 1 saturated heterocycles. The van der Waals surface area contributed by atoms with Crippen LogP contribution in [0.15, 0.2) is 0 Å². The van der Waals surface area contributed by atoms with E-state index in [1.807, 2.05) is 13.8 Å². The molecule has 1 aliphatic rings. The van der Waals surface area contributed by atoms with Crippen molar-refractivity contribution >= 4 is 11.9 Å². The smallest absolute Gasteiger partial charge is 0.326 e. The van der Waals surface area contributed by atoms with Crippen LogP contribution in [-0.4, -0.2) is 47.1 Å². The van der Waals surface area contributed by atoms with E-state index in [4.69, 9.17) is 5.11 Å². The van der Waals surface area contributed by atoms with Crippen molar-refractivity contribution in [3.05, 3.63) is 0 Å². The van der Waals surface area contributed by atoms with Gasteiger partial charge in [0.05, 0.1) is 0 Å². The van der Waals surface area contributed by atoms with Gasteiger partial charge in [-0.3, -0.25) is 4.79 Å². The van der Waals surface area contributed by atoms with Gasteiger partial charge >= 0.3 is 5.97 Å². The van der Waals surface area contributed by atoms with Crippen molar-refractivity contribution in [2.24, 2.45) is 5.92 Å². The fraction of sp³-hybridized carbons (Fsp3) is 0.846. The molecule has 1 heterocycles. The quantitative estimate of drug-likeness (QED) is 0.504. The van der Waals surface area contributed by atoms with E-state index in [0.29, 0.717) is 6.54 Å². The highest BCUT2D eigenvalue weighted by molar-refractivity contribution is 5.92. The first-order valence-corrected chi connectivity index (χ1v) is 6.75. The number of likely N-dealkylation sites (tertiary alicyclic amines) is 1. The number of aliphatic carboxylic acids is 1. The lowest BCUT2D eigenvalue weighted by atomic mass is 9.96. The van der Waals surface area contributed by atoms with E-state index >= 15 is 0 Å². The number of carboxylic acid groups (broad SMARTS) is 1. The van der Waals surface area contributed by atoms with Crippen LogP contribution in [0.1, 0.15) is 40.0 Å². The first-order chi connectivity index (χ1) is 8.49. The molecule has 1 amide bonds. The molecule has 0 radical (unpaired) electrons. The van der Waals surface area contributed by atoms with Gasteiger partial charge < -0.3 is 15.3 Å². The number of unbranched alkanes of at least 4 members (excludes halogenated alkanes) is 2. The minimum atomic E-state index is -0.914. The van der Waals surface area contributed by atoms with Crippen molar-refractivity contribution < 1.29 is 14.7 Å². The summed E-state index contributed by atoms with van der Waals surface area (Å²) in [5.41, 5.74) is 0. The maximum Gasteiger partial charge on any atom is 0.326 e. The predicted molar refractivity (Wildman–Crippen MR) is 69.3 cm³/mol. The predicted octanol–water partition coefficient (Wildman–Crippen LogP) is 1.09. The van der Waals surface area contributed by atoms with E-state index in [2.05, 4.69) is 12.2 Å². The maximum atomic E-state index is 11.9. The van der Waals surface area contributed by atoms with Gasteiger partial charge in [0, 0.05) is 6.54 Å². The van der Waals surface area contributed by atoms with Gasteiger partial charge in [0.25, 0.3) is 0 Å². The Labute approximate surface area is 109 Å². The zero-order valence-corrected chi connectivity index (χ0v) is 11.5. The van der Waals surface area contributed by atoms with Crippen molar-refractivity contribution in [1.29, 1.82) is 0 Å². The monoisotopic (exact) mass is 256 g/mol. The van der Waals surface area contributed by atoms with Crippen LogP contribution in [0, 0.1) is 5.92 Å². The Balaban J connectivity index is 2.37. The number of rotatable bonds is 8. The molecule has 0 saturated carbocycles. The zero-order chi connectivity index (χ0) is 13.7. The fourth-order valence-corrected chi connectivity index (χ4v) is 2.28. The molecule has 1 fully saturated rings. The number of carbonyl (C=O) groups is 2. The SMILES string of the molecule is CCCCCNC1CN(C(C(=O)O)C(C)C)C1=O. The van der Waals surface area contributed by atoms with E-state index in [9.17, 15) is 9.59 Å². The van der Waals surface area contributed by atoms with E-state index in [0.717, 1.165) is 25.8 Å². The minimum Gasteiger partial charge on any atom is -0.480 e. The maximum absolute atomic E-state index is 11.9. The molecule has 1 aliphatic heterocycles. The number of β-lactam (4-membered cyclic amide) rings is 1. The second kappa shape index (κ2) is 6.73. The van der Waals surface area contributed by atoms with Crippen LogP contribution >= 0.6 is 0 Å². The molecule has 18 heavy (non-hydrogen) atoms. The largest absolute Gasteiger partial charge is 0.480 e. The van der Waals surface area contributed by atoms with Crippen molar-refractivity contribution in [2.75, 3.05) is 13.1 Å². The lowest BCUT2D eigenvalue weighted by Gasteiger charge is -2.43. The van der Waals surface area contributed by atoms with E-state index < -0.39 is 12.0 Å². The molecule has 5 heteroatoms. The number of hydrogen-bond donors (Lipinski definition) is 2. The van der Waals surface area contributed by atoms with Crippen LogP contribution in [0.3, 0.4) is 0 Å². The van der Waals surface area contributed by atoms with Crippen LogP contribution < -0.4 is 5.32 Å². The molecule has 2 unspecified atom stereocenters. The van der Waals surface area contributed by atoms with Gasteiger partial charge in [0.15, 0.2) is 0 Å². The average molecular weight is 256 g/mol. The first-order valence-electron chi connectivity index (χ1n) is 6.75. The highest BCUT2D eigenvalue weighted by Crippen LogP contribution is 2.20. The zero-order valence-electron chi connectivity index (χ0n) is 11.5. The van der Waals surface area contributed by atoms with E-state index in [-0.39, 0.29) is 17.9 Å². The number of carbonyl (C=O) groups excluding carboxylic acids is 1. The normalized spacial score (nSPS) is 21.0. The summed E-state index contributed by atoms with van der Waals surface area (Å²) in [6.45, 7) is 7.13. The van der Waals surface area contributed by atoms with Gasteiger partial charge in [-0.2, -0.15) is 0 Å². The molecule has 2 atom stereocenters. The number of nitrogens with one attached hydrogen (secondary N) is 1. The summed E-state index contributed by atoms with van der Waals surface area (Å²) in [4.78, 5) is 24.5. The Morgan fingerprint density at radius 1 is 1.50 bits per heavy atom. The second-order valence-corrected chi connectivity index (χ2v) is 5.23. The lowest BCUT2D eigenvalue weighted by Crippen LogP contribution is -2.68. The highest BCUT2D eigenvalue weighted by atomic mass is 16.4. The molecule has 104 valence electrons. The summed E-state index contributed by atoms with van der Waals surface area (Å²) in [6.07, 6.45) is 3.37. The summed E-state index contributed by atoms with van der Waals surface area (Å²) in [5.74, 6) is -1.05. The van der Waals surface area contributed by atoms with E-state index in [1.54, 1.807) is 0 Å². The van der Waals surface area contributed by atoms with Crippen molar-refractivity contribution in [3.8, 4) is 0 Å². The molecular formula is C13H24N2O3. The third kappa shape index (κ3) is 3.45. The summed E-state index contributed by atoms with van der Waals surface area (Å²) in [7, 11) is 0. The molecule has 5 nitrogen and oxygen atoms in total. The Hall–Kier alpha value is -1.10. The average Bonchev–Trinajstić information content (AvgIpc) is 2.30. The summed E-state index contributed by atoms with van der Waals surface area (Å²) in [6, 6.07) is -0.867. The molecule has 0 bridgehead atoms. The summed E-state index contributed by atoms with van der Waals surface area (Å²) >= 11 is 0. The van der Waals surface area contributed by atoms with Gasteiger partial charge in [-0.15, -0.1) is 0 Å². The Morgan fingerprint density at radius 2 is 2.17 bits per heavy atom. The van der Waals surface area contributed by atoms with Crippen molar-refractivity contribution in [3.63, 3.8) is 0 Å². The Kier molecular flexibility index (Phi) is 5.59. The molecule has 0 spiro atoms. The van der Waals surface area contributed by atoms with Gasteiger partial charge in [0.2, 0.25) is 5.91 Å².